The van der Waals surface area contributed by atoms with E-state index in [2.05, 4.69) is 0 Å². The van der Waals surface area contributed by atoms with Crippen molar-refractivity contribution >= 4 is 11.8 Å². The lowest BCUT2D eigenvalue weighted by molar-refractivity contribution is -0.143. The van der Waals surface area contributed by atoms with Gasteiger partial charge in [0.1, 0.15) is 0 Å². The fourth-order valence-electron chi connectivity index (χ4n) is 1.67. The second-order valence-electron chi connectivity index (χ2n) is 4.68. The number of ketones is 1. The van der Waals surface area contributed by atoms with E-state index in [1.165, 1.54) is 0 Å². The smallest absolute Gasteiger partial charge is 0.307 e. The highest BCUT2D eigenvalue weighted by Gasteiger charge is 2.24. The number of carbonyl (C=O) groups excluding carboxylic acids is 1. The van der Waals surface area contributed by atoms with Crippen LogP contribution in [-0.4, -0.2) is 16.9 Å². The van der Waals surface area contributed by atoms with Crippen LogP contribution >= 0.6 is 0 Å². The van der Waals surface area contributed by atoms with Gasteiger partial charge in [-0.25, -0.2) is 0 Å². The second-order valence-corrected chi connectivity index (χ2v) is 4.68. The molecule has 0 radical (unpaired) electrons. The van der Waals surface area contributed by atoms with Gasteiger partial charge in [-0.1, -0.05) is 43.7 Å². The minimum atomic E-state index is -0.902. The van der Waals surface area contributed by atoms with E-state index >= 15 is 0 Å². The minimum absolute atomic E-state index is 0.0399. The summed E-state index contributed by atoms with van der Waals surface area (Å²) in [5.74, 6) is -1.66. The van der Waals surface area contributed by atoms with Crippen molar-refractivity contribution in [1.29, 1.82) is 0 Å². The Morgan fingerprint density at radius 2 is 1.71 bits per heavy atom. The predicted octanol–water partition coefficient (Wildman–Crippen LogP) is 2.92. The zero-order valence-corrected chi connectivity index (χ0v) is 10.4. The van der Waals surface area contributed by atoms with Gasteiger partial charge < -0.3 is 5.11 Å². The van der Waals surface area contributed by atoms with Crippen molar-refractivity contribution in [3.05, 3.63) is 35.4 Å². The van der Waals surface area contributed by atoms with Crippen LogP contribution < -0.4 is 0 Å². The Kier molecular flexibility index (Phi) is 4.44. The van der Waals surface area contributed by atoms with Crippen LogP contribution in [0.1, 0.15) is 36.2 Å². The minimum Gasteiger partial charge on any atom is -0.481 e. The van der Waals surface area contributed by atoms with Gasteiger partial charge in [0.25, 0.3) is 0 Å². The van der Waals surface area contributed by atoms with Crippen molar-refractivity contribution in [2.75, 3.05) is 0 Å². The third-order valence-corrected chi connectivity index (χ3v) is 2.90. The molecular weight excluding hydrogens is 216 g/mol. The number of carboxylic acid groups (broad SMARTS) is 1. The molecule has 0 saturated heterocycles. The van der Waals surface area contributed by atoms with Crippen molar-refractivity contribution in [3.8, 4) is 0 Å². The van der Waals surface area contributed by atoms with Crippen molar-refractivity contribution in [2.24, 2.45) is 11.8 Å². The van der Waals surface area contributed by atoms with E-state index in [9.17, 15) is 9.59 Å². The molecule has 3 heteroatoms. The Bertz CT molecular complexity index is 404. The molecule has 0 aliphatic rings. The van der Waals surface area contributed by atoms with Gasteiger partial charge in [0.2, 0.25) is 0 Å². The first-order valence-corrected chi connectivity index (χ1v) is 5.74. The van der Waals surface area contributed by atoms with E-state index in [1.54, 1.807) is 12.1 Å². The van der Waals surface area contributed by atoms with E-state index in [0.717, 1.165) is 5.56 Å². The van der Waals surface area contributed by atoms with Crippen molar-refractivity contribution < 1.29 is 14.7 Å². The van der Waals surface area contributed by atoms with Crippen LogP contribution in [0.25, 0.3) is 0 Å². The van der Waals surface area contributed by atoms with Crippen LogP contribution in [0.2, 0.25) is 0 Å². The molecule has 0 amide bonds. The largest absolute Gasteiger partial charge is 0.481 e. The third-order valence-electron chi connectivity index (χ3n) is 2.90. The molecule has 3 nitrogen and oxygen atoms in total. The summed E-state index contributed by atoms with van der Waals surface area (Å²) in [6.45, 7) is 5.59. The zero-order chi connectivity index (χ0) is 13.0. The third kappa shape index (κ3) is 3.70. The maximum Gasteiger partial charge on any atom is 0.307 e. The van der Waals surface area contributed by atoms with Crippen molar-refractivity contribution in [2.45, 2.75) is 27.2 Å². The van der Waals surface area contributed by atoms with Crippen LogP contribution in [0, 0.1) is 18.8 Å². The summed E-state index contributed by atoms with van der Waals surface area (Å²) in [5, 5.41) is 9.03. The number of carbonyl (C=O) groups is 2. The molecule has 1 unspecified atom stereocenters. The van der Waals surface area contributed by atoms with Crippen molar-refractivity contribution in [3.63, 3.8) is 0 Å². The highest BCUT2D eigenvalue weighted by molar-refractivity contribution is 5.98. The average Bonchev–Trinajstić information content (AvgIpc) is 2.25. The summed E-state index contributed by atoms with van der Waals surface area (Å²) in [6.07, 6.45) is 0.0655. The molecule has 1 aromatic rings. The molecule has 0 saturated carbocycles. The first kappa shape index (κ1) is 13.4. The molecule has 1 aromatic carbocycles. The van der Waals surface area contributed by atoms with E-state index in [0.29, 0.717) is 5.56 Å². The standard InChI is InChI=1S/C14H18O3/c1-9(2)12(14(16)17)8-13(15)11-6-4-10(3)5-7-11/h4-7,9,12H,8H2,1-3H3,(H,16,17). The van der Waals surface area contributed by atoms with Crippen LogP contribution in [-0.2, 0) is 4.79 Å². The van der Waals surface area contributed by atoms with E-state index < -0.39 is 11.9 Å². The average molecular weight is 234 g/mol. The monoisotopic (exact) mass is 234 g/mol. The lowest BCUT2D eigenvalue weighted by Crippen LogP contribution is -2.23. The summed E-state index contributed by atoms with van der Waals surface area (Å²) in [7, 11) is 0. The molecule has 0 heterocycles. The first-order chi connectivity index (χ1) is 7.91. The molecule has 0 spiro atoms. The number of carboxylic acids is 1. The maximum absolute atomic E-state index is 11.9. The molecule has 0 aromatic heterocycles. The molecular formula is C14H18O3. The van der Waals surface area contributed by atoms with Gasteiger partial charge in [-0.05, 0) is 12.8 Å². The molecule has 0 bridgehead atoms. The zero-order valence-electron chi connectivity index (χ0n) is 10.4. The van der Waals surface area contributed by atoms with Gasteiger partial charge >= 0.3 is 5.97 Å². The fraction of sp³-hybridized carbons (Fsp3) is 0.429. The number of rotatable bonds is 5. The highest BCUT2D eigenvalue weighted by atomic mass is 16.4. The van der Waals surface area contributed by atoms with E-state index in [-0.39, 0.29) is 18.1 Å². The number of hydrogen-bond acceptors (Lipinski definition) is 2. The van der Waals surface area contributed by atoms with Gasteiger partial charge in [0.15, 0.2) is 5.78 Å². The number of hydrogen-bond donors (Lipinski definition) is 1. The second kappa shape index (κ2) is 5.62. The molecule has 0 aliphatic carbocycles. The Hall–Kier alpha value is -1.64. The predicted molar refractivity (Wildman–Crippen MR) is 66.1 cm³/mol. The number of aliphatic carboxylic acids is 1. The normalized spacial score (nSPS) is 12.5. The van der Waals surface area contributed by atoms with Gasteiger partial charge in [-0.3, -0.25) is 9.59 Å². The lowest BCUT2D eigenvalue weighted by atomic mass is 9.89. The summed E-state index contributed by atoms with van der Waals surface area (Å²) < 4.78 is 0. The molecule has 0 aliphatic heterocycles. The molecule has 1 N–H and O–H groups in total. The molecule has 0 fully saturated rings. The number of Topliss-reactive ketones (excluding diaryl/α,β-unsaturated/α-hetero) is 1. The Morgan fingerprint density at radius 1 is 1.18 bits per heavy atom. The van der Waals surface area contributed by atoms with E-state index in [1.807, 2.05) is 32.9 Å². The molecule has 92 valence electrons. The van der Waals surface area contributed by atoms with Gasteiger partial charge in [0.05, 0.1) is 5.92 Å². The number of benzene rings is 1. The maximum atomic E-state index is 11.9. The molecule has 17 heavy (non-hydrogen) atoms. The topological polar surface area (TPSA) is 54.4 Å². The summed E-state index contributed by atoms with van der Waals surface area (Å²) >= 11 is 0. The van der Waals surface area contributed by atoms with Crippen LogP contribution in [0.5, 0.6) is 0 Å². The molecule has 1 rings (SSSR count). The first-order valence-electron chi connectivity index (χ1n) is 5.74. The fourth-order valence-corrected chi connectivity index (χ4v) is 1.67. The van der Waals surface area contributed by atoms with E-state index in [4.69, 9.17) is 5.11 Å². The Labute approximate surface area is 101 Å². The quantitative estimate of drug-likeness (QED) is 0.797. The van der Waals surface area contributed by atoms with Crippen LogP contribution in [0.3, 0.4) is 0 Å². The summed E-state index contributed by atoms with van der Waals surface area (Å²) in [6, 6.07) is 7.21. The highest BCUT2D eigenvalue weighted by Crippen LogP contribution is 2.18. The SMILES string of the molecule is Cc1ccc(C(=O)CC(C(=O)O)C(C)C)cc1. The van der Waals surface area contributed by atoms with Gasteiger partial charge in [-0.15, -0.1) is 0 Å². The Morgan fingerprint density at radius 3 is 2.12 bits per heavy atom. The van der Waals surface area contributed by atoms with Gasteiger partial charge in [0, 0.05) is 12.0 Å². The number of aryl methyl sites for hydroxylation is 1. The summed E-state index contributed by atoms with van der Waals surface area (Å²) in [4.78, 5) is 22.9. The lowest BCUT2D eigenvalue weighted by Gasteiger charge is -2.15. The molecule has 1 atom stereocenters. The summed E-state index contributed by atoms with van der Waals surface area (Å²) in [5.41, 5.74) is 1.67. The van der Waals surface area contributed by atoms with Gasteiger partial charge in [-0.2, -0.15) is 0 Å². The van der Waals surface area contributed by atoms with Crippen LogP contribution in [0.4, 0.5) is 0 Å². The van der Waals surface area contributed by atoms with Crippen LogP contribution in [0.15, 0.2) is 24.3 Å². The van der Waals surface area contributed by atoms with Crippen molar-refractivity contribution in [1.82, 2.24) is 0 Å². The Balaban J connectivity index is 2.77.